The van der Waals surface area contributed by atoms with E-state index in [-0.39, 0.29) is 5.82 Å². The summed E-state index contributed by atoms with van der Waals surface area (Å²) in [6.07, 6.45) is 3.03. The Hall–Kier alpha value is -1.52. The van der Waals surface area contributed by atoms with Crippen LogP contribution in [0.15, 0.2) is 12.4 Å². The van der Waals surface area contributed by atoms with Crippen LogP contribution in [-0.4, -0.2) is 15.7 Å². The number of aromatic nitrogens is 2. The minimum atomic E-state index is 0.159. The summed E-state index contributed by atoms with van der Waals surface area (Å²) in [6.45, 7) is 0. The van der Waals surface area contributed by atoms with E-state index in [0.717, 1.165) is 0 Å². The largest absolute Gasteiger partial charge is 0.232 e. The molecule has 0 fully saturated rings. The molecule has 0 aliphatic carbocycles. The van der Waals surface area contributed by atoms with Crippen molar-refractivity contribution in [3.8, 4) is 17.9 Å². The lowest BCUT2D eigenvalue weighted by Gasteiger charge is -1.87. The van der Waals surface area contributed by atoms with Gasteiger partial charge in [-0.3, -0.25) is 0 Å². The van der Waals surface area contributed by atoms with Gasteiger partial charge in [-0.25, -0.2) is 9.97 Å². The maximum atomic E-state index is 8.38. The van der Waals surface area contributed by atoms with Gasteiger partial charge in [0.2, 0.25) is 5.82 Å². The maximum Gasteiger partial charge on any atom is 0.232 e. The van der Waals surface area contributed by atoms with Gasteiger partial charge in [0.05, 0.1) is 11.3 Å². The minimum Gasteiger partial charge on any atom is -0.226 e. The van der Waals surface area contributed by atoms with Crippen molar-refractivity contribution < 1.29 is 0 Å². The zero-order valence-electron chi connectivity index (χ0n) is 6.15. The van der Waals surface area contributed by atoms with Gasteiger partial charge in [0, 0.05) is 12.4 Å². The molecule has 0 unspecified atom stereocenters. The van der Waals surface area contributed by atoms with Crippen LogP contribution in [0.2, 0.25) is 0 Å². The Bertz CT molecular complexity index is 353. The molecule has 12 heavy (non-hydrogen) atoms. The first kappa shape index (κ1) is 8.58. The topological polar surface area (TPSA) is 49.6 Å². The average Bonchev–Trinajstić information content (AvgIpc) is 2.15. The molecule has 0 spiro atoms. The normalized spacial score (nSPS) is 8.00. The maximum absolute atomic E-state index is 8.38. The van der Waals surface area contributed by atoms with E-state index >= 15 is 0 Å². The molecular weight excluding hydrogens is 170 g/mol. The molecule has 1 rings (SSSR count). The first-order valence-electron chi connectivity index (χ1n) is 3.18. The Labute approximate surface area is 75.9 Å². The number of nitrogens with zero attached hydrogens (tertiary/aromatic N) is 3. The molecule has 0 aromatic carbocycles. The van der Waals surface area contributed by atoms with E-state index in [2.05, 4.69) is 34.4 Å². The molecule has 1 heterocycles. The quantitative estimate of drug-likeness (QED) is 0.464. The Morgan fingerprint density at radius 2 is 2.08 bits per heavy atom. The van der Waals surface area contributed by atoms with E-state index in [9.17, 15) is 0 Å². The van der Waals surface area contributed by atoms with Gasteiger partial charge < -0.3 is 0 Å². The summed E-state index contributed by atoms with van der Waals surface area (Å²) in [5, 5.41) is 8.38. The van der Waals surface area contributed by atoms with Crippen LogP contribution in [-0.2, 0) is 0 Å². The molecule has 3 nitrogen and oxygen atoms in total. The fraction of sp³-hybridized carbons (Fsp3) is 0.125. The van der Waals surface area contributed by atoms with Gasteiger partial charge >= 0.3 is 0 Å². The number of hydrogen-bond acceptors (Lipinski definition) is 4. The van der Waals surface area contributed by atoms with E-state index in [1.54, 1.807) is 0 Å². The Balaban J connectivity index is 2.87. The van der Waals surface area contributed by atoms with Crippen molar-refractivity contribution in [1.82, 2.24) is 9.97 Å². The first-order valence-corrected chi connectivity index (χ1v) is 3.82. The predicted molar refractivity (Wildman–Crippen MR) is 47.5 cm³/mol. The summed E-state index contributed by atoms with van der Waals surface area (Å²) in [5.41, 5.74) is 0.697. The highest BCUT2D eigenvalue weighted by molar-refractivity contribution is 7.80. The van der Waals surface area contributed by atoms with E-state index in [0.29, 0.717) is 11.3 Å². The van der Waals surface area contributed by atoms with Crippen LogP contribution in [0.5, 0.6) is 0 Å². The van der Waals surface area contributed by atoms with Crippen LogP contribution in [0.1, 0.15) is 11.4 Å². The van der Waals surface area contributed by atoms with Crippen molar-refractivity contribution in [3.05, 3.63) is 23.8 Å². The number of hydrogen-bond donors (Lipinski definition) is 1. The molecular formula is C8H5N3S. The second kappa shape index (κ2) is 4.38. The molecule has 4 heteroatoms. The van der Waals surface area contributed by atoms with Gasteiger partial charge in [0.15, 0.2) is 0 Å². The van der Waals surface area contributed by atoms with Gasteiger partial charge in [-0.15, -0.1) is 0 Å². The minimum absolute atomic E-state index is 0.159. The molecule has 0 radical (unpaired) electrons. The summed E-state index contributed by atoms with van der Waals surface area (Å²) in [5.74, 6) is 6.20. The van der Waals surface area contributed by atoms with Crippen LogP contribution >= 0.6 is 12.6 Å². The molecule has 0 amide bonds. The van der Waals surface area contributed by atoms with E-state index in [4.69, 9.17) is 5.26 Å². The highest BCUT2D eigenvalue weighted by Crippen LogP contribution is 1.92. The second-order valence-electron chi connectivity index (χ2n) is 1.87. The third kappa shape index (κ3) is 2.26. The van der Waals surface area contributed by atoms with Crippen LogP contribution in [0.3, 0.4) is 0 Å². The Morgan fingerprint density at radius 1 is 1.42 bits per heavy atom. The van der Waals surface area contributed by atoms with E-state index in [1.165, 1.54) is 12.4 Å². The lowest BCUT2D eigenvalue weighted by Crippen LogP contribution is -1.88. The lowest BCUT2D eigenvalue weighted by atomic mass is 10.3. The van der Waals surface area contributed by atoms with Crippen LogP contribution in [0.4, 0.5) is 0 Å². The number of nitriles is 1. The number of thiol groups is 1. The highest BCUT2D eigenvalue weighted by atomic mass is 32.1. The van der Waals surface area contributed by atoms with Crippen molar-refractivity contribution in [2.45, 2.75) is 0 Å². The second-order valence-corrected chi connectivity index (χ2v) is 2.18. The van der Waals surface area contributed by atoms with Crippen LogP contribution < -0.4 is 0 Å². The molecule has 0 saturated carbocycles. The fourth-order valence-corrected chi connectivity index (χ4v) is 0.671. The zero-order chi connectivity index (χ0) is 8.81. The Morgan fingerprint density at radius 3 is 2.58 bits per heavy atom. The van der Waals surface area contributed by atoms with Crippen molar-refractivity contribution in [2.75, 3.05) is 5.75 Å². The van der Waals surface area contributed by atoms with Crippen LogP contribution in [0, 0.1) is 23.2 Å². The predicted octanol–water partition coefficient (Wildman–Crippen LogP) is 0.630. The average molecular weight is 175 g/mol. The van der Waals surface area contributed by atoms with Gasteiger partial charge in [0.1, 0.15) is 6.07 Å². The van der Waals surface area contributed by atoms with Gasteiger partial charge in [-0.2, -0.15) is 17.9 Å². The molecule has 1 aromatic heterocycles. The Kier molecular flexibility index (Phi) is 3.13. The van der Waals surface area contributed by atoms with Gasteiger partial charge in [-0.1, -0.05) is 11.8 Å². The molecule has 58 valence electrons. The summed E-state index contributed by atoms with van der Waals surface area (Å²) >= 11 is 3.92. The molecule has 1 aromatic rings. The lowest BCUT2D eigenvalue weighted by molar-refractivity contribution is 1.10. The summed E-state index contributed by atoms with van der Waals surface area (Å²) in [4.78, 5) is 7.50. The van der Waals surface area contributed by atoms with Crippen molar-refractivity contribution in [3.63, 3.8) is 0 Å². The highest BCUT2D eigenvalue weighted by Gasteiger charge is 1.91. The van der Waals surface area contributed by atoms with Gasteiger partial charge in [-0.05, 0) is 0 Å². The molecule has 0 aliphatic rings. The molecule has 0 bridgehead atoms. The van der Waals surface area contributed by atoms with Crippen molar-refractivity contribution >= 4 is 12.6 Å². The molecule has 0 N–H and O–H groups in total. The summed E-state index contributed by atoms with van der Waals surface area (Å²) < 4.78 is 0. The fourth-order valence-electron chi connectivity index (χ4n) is 0.592. The van der Waals surface area contributed by atoms with Crippen molar-refractivity contribution in [1.29, 1.82) is 5.26 Å². The van der Waals surface area contributed by atoms with Crippen molar-refractivity contribution in [2.24, 2.45) is 0 Å². The summed E-state index contributed by atoms with van der Waals surface area (Å²) in [6, 6.07) is 1.82. The van der Waals surface area contributed by atoms with E-state index in [1.807, 2.05) is 6.07 Å². The summed E-state index contributed by atoms with van der Waals surface area (Å²) in [7, 11) is 0. The molecule has 0 saturated heterocycles. The SMILES string of the molecule is N#Cc1ncc(C#CCS)cn1. The molecule has 0 atom stereocenters. The van der Waals surface area contributed by atoms with E-state index < -0.39 is 0 Å². The monoisotopic (exact) mass is 175 g/mol. The first-order chi connectivity index (χ1) is 5.86. The van der Waals surface area contributed by atoms with Crippen LogP contribution in [0.25, 0.3) is 0 Å². The third-order valence-electron chi connectivity index (χ3n) is 1.06. The smallest absolute Gasteiger partial charge is 0.226 e. The molecule has 0 aliphatic heterocycles. The third-order valence-corrected chi connectivity index (χ3v) is 1.22. The standard InChI is InChI=1S/C8H5N3S/c9-4-8-10-5-7(6-11-8)2-1-3-12/h5-6,12H,3H2. The zero-order valence-corrected chi connectivity index (χ0v) is 7.05. The number of rotatable bonds is 0. The van der Waals surface area contributed by atoms with Gasteiger partial charge in [0.25, 0.3) is 0 Å².